The third kappa shape index (κ3) is 4.33. The van der Waals surface area contributed by atoms with Gasteiger partial charge in [0.1, 0.15) is 11.5 Å². The number of furan rings is 1. The molecule has 1 aliphatic rings. The van der Waals surface area contributed by atoms with E-state index in [1.807, 2.05) is 67.1 Å². The van der Waals surface area contributed by atoms with Crippen LogP contribution < -0.4 is 10.1 Å². The molecule has 2 aromatic heterocycles. The van der Waals surface area contributed by atoms with Gasteiger partial charge < -0.3 is 14.5 Å². The molecular formula is C27H26ClN3O3. The number of carbonyl (C=O) groups is 1. The zero-order valence-corrected chi connectivity index (χ0v) is 20.0. The largest absolute Gasteiger partial charge is 0.494 e. The van der Waals surface area contributed by atoms with Crippen molar-refractivity contribution >= 4 is 17.5 Å². The molecule has 6 nitrogen and oxygen atoms in total. The Balaban J connectivity index is 1.37. The molecule has 0 fully saturated rings. The molecule has 0 spiro atoms. The smallest absolute Gasteiger partial charge is 0.287 e. The normalized spacial score (nSPS) is 12.2. The van der Waals surface area contributed by atoms with E-state index in [-0.39, 0.29) is 5.91 Å². The number of ether oxygens (including phenoxy) is 1. The van der Waals surface area contributed by atoms with Gasteiger partial charge in [-0.1, -0.05) is 41.9 Å². The number of halogens is 1. The fourth-order valence-electron chi connectivity index (χ4n) is 4.49. The van der Waals surface area contributed by atoms with Crippen molar-refractivity contribution in [3.63, 3.8) is 0 Å². The minimum atomic E-state index is -0.238. The first kappa shape index (κ1) is 22.3. The highest BCUT2D eigenvalue weighted by Gasteiger charge is 2.29. The number of carbonyl (C=O) groups excluding carboxylic acids is 1. The Hall–Kier alpha value is -3.51. The Morgan fingerprint density at radius 1 is 1.21 bits per heavy atom. The number of nitrogens with one attached hydrogen (secondary N) is 1. The lowest BCUT2D eigenvalue weighted by Gasteiger charge is -2.10. The molecule has 1 amide bonds. The lowest BCUT2D eigenvalue weighted by molar-refractivity contribution is 0.0920. The fraction of sp³-hybridized carbons (Fsp3) is 0.259. The van der Waals surface area contributed by atoms with Crippen molar-refractivity contribution in [1.82, 2.24) is 15.1 Å². The zero-order chi connectivity index (χ0) is 23.7. The molecule has 1 aliphatic carbocycles. The van der Waals surface area contributed by atoms with Crippen LogP contribution in [0.1, 0.15) is 45.5 Å². The number of para-hydroxylation sites is 1. The Labute approximate surface area is 203 Å². The van der Waals surface area contributed by atoms with Gasteiger partial charge in [0.2, 0.25) is 0 Å². The molecular weight excluding hydrogens is 450 g/mol. The predicted octanol–water partition coefficient (Wildman–Crippen LogP) is 5.58. The Kier molecular flexibility index (Phi) is 6.16. The third-order valence-electron chi connectivity index (χ3n) is 6.07. The van der Waals surface area contributed by atoms with Gasteiger partial charge in [0.25, 0.3) is 5.91 Å². The summed E-state index contributed by atoms with van der Waals surface area (Å²) in [5, 5.41) is 8.53. The first-order valence-corrected chi connectivity index (χ1v) is 11.8. The van der Waals surface area contributed by atoms with E-state index in [1.165, 1.54) is 0 Å². The molecule has 0 bridgehead atoms. The van der Waals surface area contributed by atoms with E-state index in [4.69, 9.17) is 25.9 Å². The second-order valence-corrected chi connectivity index (χ2v) is 8.84. The summed E-state index contributed by atoms with van der Waals surface area (Å²) in [5.41, 5.74) is 5.82. The number of rotatable bonds is 7. The van der Waals surface area contributed by atoms with Crippen LogP contribution in [-0.2, 0) is 25.9 Å². The number of aromatic nitrogens is 2. The maximum atomic E-state index is 13.0. The Morgan fingerprint density at radius 3 is 2.88 bits per heavy atom. The van der Waals surface area contributed by atoms with Crippen molar-refractivity contribution < 1.29 is 13.9 Å². The predicted molar refractivity (Wildman–Crippen MR) is 131 cm³/mol. The Morgan fingerprint density at radius 2 is 2.06 bits per heavy atom. The first-order valence-electron chi connectivity index (χ1n) is 11.5. The molecule has 0 atom stereocenters. The van der Waals surface area contributed by atoms with Gasteiger partial charge in [0, 0.05) is 40.9 Å². The molecule has 7 heteroatoms. The summed E-state index contributed by atoms with van der Waals surface area (Å²) in [6.07, 6.45) is 3.65. The second kappa shape index (κ2) is 9.39. The van der Waals surface area contributed by atoms with Crippen molar-refractivity contribution in [3.8, 4) is 17.0 Å². The summed E-state index contributed by atoms with van der Waals surface area (Å²) in [5.74, 6) is 1.70. The first-order chi connectivity index (χ1) is 16.5. The van der Waals surface area contributed by atoms with Gasteiger partial charge >= 0.3 is 0 Å². The number of nitrogens with zero attached hydrogens (tertiary/aromatic N) is 2. The van der Waals surface area contributed by atoms with E-state index in [1.54, 1.807) is 0 Å². The molecule has 0 radical (unpaired) electrons. The van der Waals surface area contributed by atoms with Crippen LogP contribution in [0.5, 0.6) is 5.75 Å². The van der Waals surface area contributed by atoms with Crippen molar-refractivity contribution in [1.29, 1.82) is 0 Å². The van der Waals surface area contributed by atoms with Crippen LogP contribution in [0.25, 0.3) is 11.3 Å². The summed E-state index contributed by atoms with van der Waals surface area (Å²) in [6, 6.07) is 15.5. The van der Waals surface area contributed by atoms with Crippen molar-refractivity contribution in [2.75, 3.05) is 6.61 Å². The minimum absolute atomic E-state index is 0.238. The molecule has 2 heterocycles. The SMILES string of the molecule is CCOc1ccccc1CNC(=O)c1oc2c(c1C)-c1nn(Cc3cccc(Cl)c3)cc1CC2. The highest BCUT2D eigenvalue weighted by atomic mass is 35.5. The topological polar surface area (TPSA) is 69.3 Å². The monoisotopic (exact) mass is 475 g/mol. The maximum Gasteiger partial charge on any atom is 0.287 e. The van der Waals surface area contributed by atoms with Crippen LogP contribution in [0.4, 0.5) is 0 Å². The van der Waals surface area contributed by atoms with Crippen molar-refractivity contribution in [2.45, 2.75) is 39.8 Å². The number of benzene rings is 2. The molecule has 1 N–H and O–H groups in total. The number of amides is 1. The van der Waals surface area contributed by atoms with E-state index in [9.17, 15) is 4.79 Å². The van der Waals surface area contributed by atoms with Crippen LogP contribution in [-0.4, -0.2) is 22.3 Å². The lowest BCUT2D eigenvalue weighted by Crippen LogP contribution is -2.23. The third-order valence-corrected chi connectivity index (χ3v) is 6.30. The highest BCUT2D eigenvalue weighted by molar-refractivity contribution is 6.30. The molecule has 0 saturated carbocycles. The zero-order valence-electron chi connectivity index (χ0n) is 19.2. The Bertz CT molecular complexity index is 1360. The minimum Gasteiger partial charge on any atom is -0.494 e. The van der Waals surface area contributed by atoms with Crippen LogP contribution >= 0.6 is 11.6 Å². The molecule has 0 saturated heterocycles. The van der Waals surface area contributed by atoms with Crippen molar-refractivity contribution in [2.24, 2.45) is 0 Å². The molecule has 0 aliphatic heterocycles. The summed E-state index contributed by atoms with van der Waals surface area (Å²) >= 11 is 6.13. The standard InChI is InChI=1S/C27H26ClN3O3/c1-3-33-22-10-5-4-8-19(22)14-29-27(32)26-17(2)24-23(34-26)12-11-20-16-31(30-25(20)24)15-18-7-6-9-21(28)13-18/h4-10,13,16H,3,11-12,14-15H2,1-2H3,(H,29,32). The average Bonchev–Trinajstić information content (AvgIpc) is 3.38. The number of hydrogen-bond donors (Lipinski definition) is 1. The summed E-state index contributed by atoms with van der Waals surface area (Å²) in [7, 11) is 0. The van der Waals surface area contributed by atoms with Crippen molar-refractivity contribution in [3.05, 3.63) is 93.5 Å². The number of aryl methyl sites for hydroxylation is 2. The van der Waals surface area contributed by atoms with E-state index >= 15 is 0 Å². The van der Waals surface area contributed by atoms with Gasteiger partial charge in [-0.25, -0.2) is 0 Å². The highest BCUT2D eigenvalue weighted by Crippen LogP contribution is 2.38. The van der Waals surface area contributed by atoms with Gasteiger partial charge in [-0.2, -0.15) is 5.10 Å². The van der Waals surface area contributed by atoms with E-state index < -0.39 is 0 Å². The fourth-order valence-corrected chi connectivity index (χ4v) is 4.70. The summed E-state index contributed by atoms with van der Waals surface area (Å²) in [6.45, 7) is 5.43. The van der Waals surface area contributed by atoms with E-state index in [0.29, 0.717) is 30.5 Å². The van der Waals surface area contributed by atoms with Crippen LogP contribution in [0.3, 0.4) is 0 Å². The quantitative estimate of drug-likeness (QED) is 0.379. The van der Waals surface area contributed by atoms with Gasteiger partial charge in [0.05, 0.1) is 18.8 Å². The van der Waals surface area contributed by atoms with Crippen LogP contribution in [0.2, 0.25) is 5.02 Å². The second-order valence-electron chi connectivity index (χ2n) is 8.41. The average molecular weight is 476 g/mol. The molecule has 5 rings (SSSR count). The van der Waals surface area contributed by atoms with E-state index in [2.05, 4.69) is 11.5 Å². The number of fused-ring (bicyclic) bond motifs is 3. The lowest BCUT2D eigenvalue weighted by atomic mass is 9.93. The molecule has 0 unspecified atom stereocenters. The molecule has 34 heavy (non-hydrogen) atoms. The number of hydrogen-bond acceptors (Lipinski definition) is 4. The van der Waals surface area contributed by atoms with Gasteiger partial charge in [0.15, 0.2) is 5.76 Å². The maximum absolute atomic E-state index is 13.0. The van der Waals surface area contributed by atoms with Gasteiger partial charge in [-0.3, -0.25) is 9.48 Å². The van der Waals surface area contributed by atoms with E-state index in [0.717, 1.165) is 57.9 Å². The summed E-state index contributed by atoms with van der Waals surface area (Å²) < 4.78 is 13.7. The van der Waals surface area contributed by atoms with Gasteiger partial charge in [-0.15, -0.1) is 0 Å². The van der Waals surface area contributed by atoms with Crippen LogP contribution in [0.15, 0.2) is 59.1 Å². The molecule has 4 aromatic rings. The van der Waals surface area contributed by atoms with Gasteiger partial charge in [-0.05, 0) is 49.6 Å². The van der Waals surface area contributed by atoms with Crippen LogP contribution in [0, 0.1) is 6.92 Å². The molecule has 2 aromatic carbocycles. The molecule has 174 valence electrons. The summed E-state index contributed by atoms with van der Waals surface area (Å²) in [4.78, 5) is 13.0.